The number of nitrogens with zero attached hydrogens (tertiary/aromatic N) is 1. The van der Waals surface area contributed by atoms with Crippen molar-refractivity contribution in [2.75, 3.05) is 25.0 Å². The minimum Gasteiger partial charge on any atom is -0.339 e. The molecule has 1 aromatic rings. The van der Waals surface area contributed by atoms with Crippen LogP contribution in [0.5, 0.6) is 0 Å². The molecular weight excluding hydrogens is 350 g/mol. The first kappa shape index (κ1) is 19.2. The van der Waals surface area contributed by atoms with Gasteiger partial charge in [-0.2, -0.15) is 0 Å². The summed E-state index contributed by atoms with van der Waals surface area (Å²) < 4.78 is 0. The van der Waals surface area contributed by atoms with Crippen molar-refractivity contribution in [3.05, 3.63) is 29.8 Å². The number of anilines is 1. The molecule has 2 N–H and O–H groups in total. The van der Waals surface area contributed by atoms with Gasteiger partial charge in [0.1, 0.15) is 0 Å². The second-order valence-corrected chi connectivity index (χ2v) is 7.76. The Labute approximate surface area is 161 Å². The number of carbonyl (C=O) groups excluding carboxylic acids is 2. The van der Waals surface area contributed by atoms with Crippen LogP contribution in [-0.2, 0) is 4.79 Å². The molecule has 2 saturated carbocycles. The first-order chi connectivity index (χ1) is 12.2. The monoisotopic (exact) mass is 377 g/mol. The lowest BCUT2D eigenvalue weighted by Crippen LogP contribution is -2.45. The van der Waals surface area contributed by atoms with Gasteiger partial charge in [-0.1, -0.05) is 0 Å². The molecule has 5 nitrogen and oxygen atoms in total. The number of hydrogen-bond acceptors (Lipinski definition) is 3. The number of likely N-dealkylation sites (tertiary alicyclic amines) is 1. The van der Waals surface area contributed by atoms with Crippen LogP contribution in [0.25, 0.3) is 0 Å². The zero-order valence-corrected chi connectivity index (χ0v) is 15.9. The highest BCUT2D eigenvalue weighted by Gasteiger charge is 2.30. The summed E-state index contributed by atoms with van der Waals surface area (Å²) in [5, 5.41) is 6.56. The Morgan fingerprint density at radius 3 is 2.19 bits per heavy atom. The molecule has 142 valence electrons. The Morgan fingerprint density at radius 2 is 1.62 bits per heavy atom. The average Bonchev–Trinajstić information content (AvgIpc) is 3.54. The molecule has 3 aliphatic rings. The van der Waals surface area contributed by atoms with Gasteiger partial charge in [-0.05, 0) is 75.3 Å². The van der Waals surface area contributed by atoms with E-state index in [0.29, 0.717) is 11.6 Å². The third kappa shape index (κ3) is 4.98. The van der Waals surface area contributed by atoms with E-state index in [1.54, 1.807) is 0 Å². The van der Waals surface area contributed by atoms with Crippen LogP contribution in [0, 0.1) is 11.8 Å². The summed E-state index contributed by atoms with van der Waals surface area (Å²) in [7, 11) is 0. The molecule has 1 aromatic carbocycles. The summed E-state index contributed by atoms with van der Waals surface area (Å²) in [6.45, 7) is 2.79. The highest BCUT2D eigenvalue weighted by molar-refractivity contribution is 5.96. The summed E-state index contributed by atoms with van der Waals surface area (Å²) in [4.78, 5) is 26.4. The predicted molar refractivity (Wildman–Crippen MR) is 105 cm³/mol. The number of piperidine rings is 1. The maximum atomic E-state index is 12.7. The smallest absolute Gasteiger partial charge is 0.253 e. The third-order valence-electron chi connectivity index (χ3n) is 5.52. The van der Waals surface area contributed by atoms with Crippen LogP contribution in [0.1, 0.15) is 48.9 Å². The number of hydrogen-bond donors (Lipinski definition) is 2. The topological polar surface area (TPSA) is 61.4 Å². The number of rotatable bonds is 6. The van der Waals surface area contributed by atoms with Gasteiger partial charge in [0.2, 0.25) is 5.91 Å². The van der Waals surface area contributed by atoms with Crippen molar-refractivity contribution in [3.8, 4) is 0 Å². The van der Waals surface area contributed by atoms with E-state index in [4.69, 9.17) is 0 Å². The van der Waals surface area contributed by atoms with Crippen molar-refractivity contribution in [2.24, 2.45) is 11.8 Å². The molecule has 4 rings (SSSR count). The summed E-state index contributed by atoms with van der Waals surface area (Å²) in [6, 6.07) is 7.86. The van der Waals surface area contributed by atoms with Crippen LogP contribution >= 0.6 is 12.4 Å². The number of amides is 2. The van der Waals surface area contributed by atoms with Gasteiger partial charge in [-0.25, -0.2) is 0 Å². The van der Waals surface area contributed by atoms with Gasteiger partial charge in [0.25, 0.3) is 5.91 Å². The molecule has 6 heteroatoms. The first-order valence-electron chi connectivity index (χ1n) is 9.62. The quantitative estimate of drug-likeness (QED) is 0.800. The number of carbonyl (C=O) groups is 2. The maximum Gasteiger partial charge on any atom is 0.253 e. The molecule has 2 amide bonds. The molecule has 0 unspecified atom stereocenters. The summed E-state index contributed by atoms with van der Waals surface area (Å²) in [5.74, 6) is 1.29. The largest absolute Gasteiger partial charge is 0.339 e. The standard InChI is InChI=1S/C20H27N3O2.ClH/c24-19(15-3-4-15)22-18-7-5-16(6-8-18)20(25)23-11-9-17(10-12-23)21-13-14-1-2-14;/h5-8,14-15,17,21H,1-4,9-13H2,(H,22,24);1H. The van der Waals surface area contributed by atoms with E-state index in [2.05, 4.69) is 10.6 Å². The van der Waals surface area contributed by atoms with E-state index in [1.165, 1.54) is 12.8 Å². The molecule has 2 aliphatic carbocycles. The zero-order valence-electron chi connectivity index (χ0n) is 15.1. The fraction of sp³-hybridized carbons (Fsp3) is 0.600. The number of nitrogens with one attached hydrogen (secondary N) is 2. The van der Waals surface area contributed by atoms with Crippen LogP contribution in [-0.4, -0.2) is 42.4 Å². The first-order valence-corrected chi connectivity index (χ1v) is 9.62. The molecule has 1 saturated heterocycles. The lowest BCUT2D eigenvalue weighted by atomic mass is 10.0. The van der Waals surface area contributed by atoms with Crippen molar-refractivity contribution in [2.45, 2.75) is 44.6 Å². The molecule has 3 fully saturated rings. The van der Waals surface area contributed by atoms with Crippen molar-refractivity contribution in [1.29, 1.82) is 0 Å². The van der Waals surface area contributed by atoms with Gasteiger partial charge in [0.05, 0.1) is 0 Å². The zero-order chi connectivity index (χ0) is 17.2. The third-order valence-corrected chi connectivity index (χ3v) is 5.52. The van der Waals surface area contributed by atoms with E-state index < -0.39 is 0 Å². The molecular formula is C20H28ClN3O2. The van der Waals surface area contributed by atoms with Crippen molar-refractivity contribution in [1.82, 2.24) is 10.2 Å². The SMILES string of the molecule is Cl.O=C(Nc1ccc(C(=O)N2CCC(NCC3CC3)CC2)cc1)C1CC1. The maximum absolute atomic E-state index is 12.7. The van der Waals surface area contributed by atoms with Crippen molar-refractivity contribution >= 4 is 29.9 Å². The molecule has 0 bridgehead atoms. The molecule has 0 aromatic heterocycles. The Balaban J connectivity index is 0.00000196. The van der Waals surface area contributed by atoms with E-state index in [9.17, 15) is 9.59 Å². The van der Waals surface area contributed by atoms with Crippen LogP contribution in [0.15, 0.2) is 24.3 Å². The van der Waals surface area contributed by atoms with Crippen molar-refractivity contribution in [3.63, 3.8) is 0 Å². The van der Waals surface area contributed by atoms with E-state index in [0.717, 1.165) is 56.9 Å². The number of halogens is 1. The van der Waals surface area contributed by atoms with E-state index in [1.807, 2.05) is 29.2 Å². The van der Waals surface area contributed by atoms with Gasteiger partial charge in [-0.3, -0.25) is 9.59 Å². The number of benzene rings is 1. The highest BCUT2D eigenvalue weighted by atomic mass is 35.5. The highest BCUT2D eigenvalue weighted by Crippen LogP contribution is 2.30. The lowest BCUT2D eigenvalue weighted by molar-refractivity contribution is -0.117. The Hall–Kier alpha value is -1.59. The normalized spacial score (nSPS) is 20.4. The van der Waals surface area contributed by atoms with Gasteiger partial charge in [-0.15, -0.1) is 12.4 Å². The predicted octanol–water partition coefficient (Wildman–Crippen LogP) is 3.06. The summed E-state index contributed by atoms with van der Waals surface area (Å²) in [5.41, 5.74) is 1.48. The molecule has 26 heavy (non-hydrogen) atoms. The summed E-state index contributed by atoms with van der Waals surface area (Å²) in [6.07, 6.45) is 6.81. The molecule has 0 atom stereocenters. The Kier molecular flexibility index (Phi) is 6.20. The van der Waals surface area contributed by atoms with E-state index in [-0.39, 0.29) is 30.1 Å². The van der Waals surface area contributed by atoms with E-state index >= 15 is 0 Å². The van der Waals surface area contributed by atoms with Crippen LogP contribution in [0.4, 0.5) is 5.69 Å². The minimum absolute atomic E-state index is 0. The van der Waals surface area contributed by atoms with Gasteiger partial charge >= 0.3 is 0 Å². The molecule has 1 aliphatic heterocycles. The average molecular weight is 378 g/mol. The van der Waals surface area contributed by atoms with Gasteiger partial charge < -0.3 is 15.5 Å². The van der Waals surface area contributed by atoms with Crippen LogP contribution < -0.4 is 10.6 Å². The molecule has 0 spiro atoms. The van der Waals surface area contributed by atoms with Crippen LogP contribution in [0.3, 0.4) is 0 Å². The van der Waals surface area contributed by atoms with Gasteiger partial charge in [0, 0.05) is 36.3 Å². The van der Waals surface area contributed by atoms with Crippen molar-refractivity contribution < 1.29 is 9.59 Å². The lowest BCUT2D eigenvalue weighted by Gasteiger charge is -2.32. The minimum atomic E-state index is 0. The second-order valence-electron chi connectivity index (χ2n) is 7.76. The van der Waals surface area contributed by atoms with Gasteiger partial charge in [0.15, 0.2) is 0 Å². The Bertz CT molecular complexity index is 633. The fourth-order valence-electron chi connectivity index (χ4n) is 3.41. The fourth-order valence-corrected chi connectivity index (χ4v) is 3.41. The second kappa shape index (κ2) is 8.40. The molecule has 1 heterocycles. The summed E-state index contributed by atoms with van der Waals surface area (Å²) >= 11 is 0. The Morgan fingerprint density at radius 1 is 0.962 bits per heavy atom. The van der Waals surface area contributed by atoms with Crippen LogP contribution in [0.2, 0.25) is 0 Å². The molecule has 0 radical (unpaired) electrons.